The van der Waals surface area contributed by atoms with Crippen molar-refractivity contribution in [2.24, 2.45) is 5.41 Å². The van der Waals surface area contributed by atoms with Crippen LogP contribution in [0.25, 0.3) is 0 Å². The van der Waals surface area contributed by atoms with Crippen LogP contribution in [0.1, 0.15) is 32.6 Å². The zero-order chi connectivity index (χ0) is 21.7. The molecule has 1 aromatic heterocycles. The number of rotatable bonds is 7. The highest BCUT2D eigenvalue weighted by atomic mass is 16.7. The molecule has 1 aromatic carbocycles. The first kappa shape index (κ1) is 21.9. The van der Waals surface area contributed by atoms with Crippen LogP contribution >= 0.6 is 0 Å². The lowest BCUT2D eigenvalue weighted by Crippen LogP contribution is -2.45. The number of hydrogen-bond acceptors (Lipinski definition) is 7. The van der Waals surface area contributed by atoms with Crippen molar-refractivity contribution < 1.29 is 28.5 Å². The molecule has 0 atom stereocenters. The highest BCUT2D eigenvalue weighted by molar-refractivity contribution is 5.95. The number of anilines is 1. The van der Waals surface area contributed by atoms with Crippen molar-refractivity contribution in [3.8, 4) is 17.4 Å². The van der Waals surface area contributed by atoms with Gasteiger partial charge in [0.05, 0.1) is 50.8 Å². The van der Waals surface area contributed by atoms with Gasteiger partial charge in [-0.15, -0.1) is 0 Å². The first-order chi connectivity index (χ1) is 14.3. The Morgan fingerprint density at radius 2 is 1.83 bits per heavy atom. The zero-order valence-corrected chi connectivity index (χ0v) is 17.9. The van der Waals surface area contributed by atoms with Crippen molar-refractivity contribution in [2.75, 3.05) is 32.8 Å². The topological polar surface area (TPSA) is 88.1 Å². The number of methoxy groups -OCH3 is 2. The quantitative estimate of drug-likeness (QED) is 0.738. The first-order valence-corrected chi connectivity index (χ1v) is 9.74. The summed E-state index contributed by atoms with van der Waals surface area (Å²) in [5.41, 5.74) is 0.541. The molecule has 1 aliphatic rings. The summed E-state index contributed by atoms with van der Waals surface area (Å²) in [4.78, 5) is 17.0. The number of ether oxygens (including phenoxy) is 5. The first-order valence-electron chi connectivity index (χ1n) is 9.74. The van der Waals surface area contributed by atoms with E-state index >= 15 is 0 Å². The number of amides is 1. The molecule has 8 nitrogen and oxygen atoms in total. The molecule has 1 amide bonds. The SMILES string of the molecule is COc1ccc(C2OCC(C)(C(=O)Nc3ccc(OC(C)C)nc3)CO2)cc1OC. The molecule has 162 valence electrons. The van der Waals surface area contributed by atoms with Gasteiger partial charge in [-0.2, -0.15) is 0 Å². The minimum atomic E-state index is -0.833. The van der Waals surface area contributed by atoms with E-state index in [1.165, 1.54) is 0 Å². The van der Waals surface area contributed by atoms with E-state index in [1.807, 2.05) is 19.9 Å². The zero-order valence-electron chi connectivity index (χ0n) is 17.9. The third kappa shape index (κ3) is 5.01. The van der Waals surface area contributed by atoms with E-state index < -0.39 is 11.7 Å². The minimum absolute atomic E-state index is 0.0343. The Morgan fingerprint density at radius 3 is 2.40 bits per heavy atom. The molecule has 0 bridgehead atoms. The molecule has 1 aliphatic heterocycles. The maximum Gasteiger partial charge on any atom is 0.235 e. The summed E-state index contributed by atoms with van der Waals surface area (Å²) < 4.78 is 27.8. The number of benzene rings is 1. The Hall–Kier alpha value is -2.84. The highest BCUT2D eigenvalue weighted by Crippen LogP contribution is 2.36. The predicted octanol–water partition coefficient (Wildman–Crippen LogP) is 3.58. The van der Waals surface area contributed by atoms with Gasteiger partial charge in [0, 0.05) is 11.6 Å². The Bertz CT molecular complexity index is 860. The lowest BCUT2D eigenvalue weighted by Gasteiger charge is -2.36. The van der Waals surface area contributed by atoms with Crippen molar-refractivity contribution in [3.63, 3.8) is 0 Å². The fraction of sp³-hybridized carbons (Fsp3) is 0.455. The summed E-state index contributed by atoms with van der Waals surface area (Å²) in [7, 11) is 3.15. The van der Waals surface area contributed by atoms with E-state index in [-0.39, 0.29) is 25.2 Å². The van der Waals surface area contributed by atoms with Crippen LogP contribution in [0.4, 0.5) is 5.69 Å². The van der Waals surface area contributed by atoms with E-state index in [4.69, 9.17) is 23.7 Å². The van der Waals surface area contributed by atoms with Crippen LogP contribution in [0.2, 0.25) is 0 Å². The van der Waals surface area contributed by atoms with Gasteiger partial charge in [0.2, 0.25) is 11.8 Å². The molecule has 0 radical (unpaired) electrons. The number of nitrogens with one attached hydrogen (secondary N) is 1. The van der Waals surface area contributed by atoms with Crippen LogP contribution in [-0.2, 0) is 14.3 Å². The van der Waals surface area contributed by atoms with E-state index in [1.54, 1.807) is 51.6 Å². The summed E-state index contributed by atoms with van der Waals surface area (Å²) in [6, 6.07) is 8.92. The summed E-state index contributed by atoms with van der Waals surface area (Å²) in [5, 5.41) is 2.87. The summed E-state index contributed by atoms with van der Waals surface area (Å²) in [5.74, 6) is 1.52. The van der Waals surface area contributed by atoms with Crippen molar-refractivity contribution in [1.82, 2.24) is 4.98 Å². The molecular formula is C22H28N2O6. The average molecular weight is 416 g/mol. The number of pyridine rings is 1. The summed E-state index contributed by atoms with van der Waals surface area (Å²) in [6.07, 6.45) is 1.02. The molecule has 8 heteroatoms. The molecular weight excluding hydrogens is 388 g/mol. The van der Waals surface area contributed by atoms with Gasteiger partial charge in [-0.1, -0.05) is 6.07 Å². The van der Waals surface area contributed by atoms with Gasteiger partial charge in [-0.3, -0.25) is 4.79 Å². The largest absolute Gasteiger partial charge is 0.493 e. The predicted molar refractivity (Wildman–Crippen MR) is 111 cm³/mol. The van der Waals surface area contributed by atoms with Gasteiger partial charge in [-0.05, 0) is 39.0 Å². The molecule has 3 rings (SSSR count). The molecule has 1 N–H and O–H groups in total. The van der Waals surface area contributed by atoms with Crippen molar-refractivity contribution >= 4 is 11.6 Å². The molecule has 2 heterocycles. The van der Waals surface area contributed by atoms with E-state index in [0.717, 1.165) is 5.56 Å². The lowest BCUT2D eigenvalue weighted by atomic mass is 9.90. The fourth-order valence-corrected chi connectivity index (χ4v) is 2.98. The molecule has 1 fully saturated rings. The minimum Gasteiger partial charge on any atom is -0.493 e. The number of nitrogens with zero attached hydrogens (tertiary/aromatic N) is 1. The van der Waals surface area contributed by atoms with E-state index in [0.29, 0.717) is 23.1 Å². The second-order valence-corrected chi connectivity index (χ2v) is 7.63. The van der Waals surface area contributed by atoms with Gasteiger partial charge < -0.3 is 29.0 Å². The monoisotopic (exact) mass is 416 g/mol. The van der Waals surface area contributed by atoms with Crippen LogP contribution in [0.5, 0.6) is 17.4 Å². The van der Waals surface area contributed by atoms with E-state index in [2.05, 4.69) is 10.3 Å². The van der Waals surface area contributed by atoms with Crippen LogP contribution in [-0.4, -0.2) is 44.4 Å². The molecule has 0 unspecified atom stereocenters. The number of carbonyl (C=O) groups is 1. The molecule has 0 spiro atoms. The van der Waals surface area contributed by atoms with Crippen LogP contribution in [0.3, 0.4) is 0 Å². The maximum absolute atomic E-state index is 12.8. The Balaban J connectivity index is 1.60. The molecule has 1 saturated heterocycles. The average Bonchev–Trinajstić information content (AvgIpc) is 2.74. The van der Waals surface area contributed by atoms with Gasteiger partial charge in [0.25, 0.3) is 0 Å². The van der Waals surface area contributed by atoms with Gasteiger partial charge in [0.15, 0.2) is 17.8 Å². The number of carbonyl (C=O) groups excluding carboxylic acids is 1. The maximum atomic E-state index is 12.8. The molecule has 2 aromatic rings. The summed E-state index contributed by atoms with van der Waals surface area (Å²) in [6.45, 7) is 6.07. The van der Waals surface area contributed by atoms with Gasteiger partial charge in [-0.25, -0.2) is 4.98 Å². The van der Waals surface area contributed by atoms with Gasteiger partial charge >= 0.3 is 0 Å². The smallest absolute Gasteiger partial charge is 0.235 e. The van der Waals surface area contributed by atoms with Crippen molar-refractivity contribution in [1.29, 1.82) is 0 Å². The highest BCUT2D eigenvalue weighted by Gasteiger charge is 2.40. The number of aromatic nitrogens is 1. The molecule has 0 saturated carbocycles. The molecule has 30 heavy (non-hydrogen) atoms. The van der Waals surface area contributed by atoms with Gasteiger partial charge in [0.1, 0.15) is 0 Å². The van der Waals surface area contributed by atoms with Crippen molar-refractivity contribution in [3.05, 3.63) is 42.1 Å². The Labute approximate surface area is 176 Å². The van der Waals surface area contributed by atoms with Crippen molar-refractivity contribution in [2.45, 2.75) is 33.2 Å². The second kappa shape index (κ2) is 9.32. The fourth-order valence-electron chi connectivity index (χ4n) is 2.98. The Morgan fingerprint density at radius 1 is 1.13 bits per heavy atom. The third-order valence-electron chi connectivity index (χ3n) is 4.69. The van der Waals surface area contributed by atoms with Crippen LogP contribution < -0.4 is 19.5 Å². The summed E-state index contributed by atoms with van der Waals surface area (Å²) >= 11 is 0. The third-order valence-corrected chi connectivity index (χ3v) is 4.69. The molecule has 0 aliphatic carbocycles. The van der Waals surface area contributed by atoms with Crippen LogP contribution in [0.15, 0.2) is 36.5 Å². The normalized spacial score (nSPS) is 21.2. The number of hydrogen-bond donors (Lipinski definition) is 1. The Kier molecular flexibility index (Phi) is 6.79. The standard InChI is InChI=1S/C22H28N2O6/c1-14(2)30-19-9-7-16(11-23-19)24-21(25)22(3)12-28-20(29-13-22)15-6-8-17(26-4)18(10-15)27-5/h6-11,14,20H,12-13H2,1-5H3,(H,24,25). The second-order valence-electron chi connectivity index (χ2n) is 7.63. The van der Waals surface area contributed by atoms with E-state index in [9.17, 15) is 4.79 Å². The van der Waals surface area contributed by atoms with Crippen LogP contribution in [0, 0.1) is 5.41 Å². The lowest BCUT2D eigenvalue weighted by molar-refractivity contribution is -0.226.